The Labute approximate surface area is 151 Å². The lowest BCUT2D eigenvalue weighted by atomic mass is 10.1. The van der Waals surface area contributed by atoms with Crippen LogP contribution < -0.4 is 9.47 Å². The molecule has 0 radical (unpaired) electrons. The molecule has 2 aromatic heterocycles. The molecular formula is C20H20N2O2S. The standard InChI is InChI=1S/C20H20N2O2S/c1-15-5-6-18(25-15)13-22(11-16-7-9-21-10-8-16)12-17-3-2-4-19-20(17)24-14-23-19/h2-10H,11-14H2,1H3. The largest absolute Gasteiger partial charge is 0.454 e. The van der Waals surface area contributed by atoms with Gasteiger partial charge in [0.15, 0.2) is 11.5 Å². The van der Waals surface area contributed by atoms with Crippen molar-refractivity contribution in [3.05, 3.63) is 75.7 Å². The minimum atomic E-state index is 0.306. The first-order chi connectivity index (χ1) is 12.3. The Hall–Kier alpha value is -2.37. The van der Waals surface area contributed by atoms with Crippen LogP contribution in [0.2, 0.25) is 0 Å². The highest BCUT2D eigenvalue weighted by molar-refractivity contribution is 7.11. The molecule has 0 amide bonds. The number of hydrogen-bond donors (Lipinski definition) is 0. The highest BCUT2D eigenvalue weighted by atomic mass is 32.1. The van der Waals surface area contributed by atoms with Gasteiger partial charge in [-0.3, -0.25) is 9.88 Å². The van der Waals surface area contributed by atoms with Gasteiger partial charge in [-0.25, -0.2) is 0 Å². The Balaban J connectivity index is 1.57. The molecule has 0 saturated heterocycles. The summed E-state index contributed by atoms with van der Waals surface area (Å²) in [5, 5.41) is 0. The van der Waals surface area contributed by atoms with Crippen LogP contribution >= 0.6 is 11.3 Å². The second-order valence-corrected chi connectivity index (χ2v) is 7.54. The van der Waals surface area contributed by atoms with E-state index in [4.69, 9.17) is 9.47 Å². The average Bonchev–Trinajstić information content (AvgIpc) is 3.25. The van der Waals surface area contributed by atoms with Gasteiger partial charge in [0.25, 0.3) is 0 Å². The third kappa shape index (κ3) is 3.83. The fraction of sp³-hybridized carbons (Fsp3) is 0.250. The van der Waals surface area contributed by atoms with Gasteiger partial charge in [-0.2, -0.15) is 0 Å². The van der Waals surface area contributed by atoms with Crippen molar-refractivity contribution >= 4 is 11.3 Å². The van der Waals surface area contributed by atoms with Gasteiger partial charge in [-0.05, 0) is 42.8 Å². The molecular weight excluding hydrogens is 332 g/mol. The molecule has 0 N–H and O–H groups in total. The topological polar surface area (TPSA) is 34.6 Å². The van der Waals surface area contributed by atoms with Crippen molar-refractivity contribution < 1.29 is 9.47 Å². The Morgan fingerprint density at radius 2 is 1.88 bits per heavy atom. The summed E-state index contributed by atoms with van der Waals surface area (Å²) in [6, 6.07) is 14.6. The SMILES string of the molecule is Cc1ccc(CN(Cc2ccncc2)Cc2cccc3c2OCO3)s1. The summed E-state index contributed by atoms with van der Waals surface area (Å²) < 4.78 is 11.2. The van der Waals surface area contributed by atoms with E-state index in [1.165, 1.54) is 15.3 Å². The number of benzene rings is 1. The predicted molar refractivity (Wildman–Crippen MR) is 98.8 cm³/mol. The summed E-state index contributed by atoms with van der Waals surface area (Å²) in [7, 11) is 0. The van der Waals surface area contributed by atoms with Gasteiger partial charge >= 0.3 is 0 Å². The van der Waals surface area contributed by atoms with Crippen LogP contribution in [0.15, 0.2) is 54.9 Å². The molecule has 1 aliphatic heterocycles. The van der Waals surface area contributed by atoms with Gasteiger partial charge in [-0.15, -0.1) is 11.3 Å². The summed E-state index contributed by atoms with van der Waals surface area (Å²) in [4.78, 5) is 9.26. The van der Waals surface area contributed by atoms with Crippen molar-refractivity contribution in [1.29, 1.82) is 0 Å². The molecule has 4 nitrogen and oxygen atoms in total. The van der Waals surface area contributed by atoms with Crippen molar-refractivity contribution in [2.24, 2.45) is 0 Å². The Morgan fingerprint density at radius 1 is 1.00 bits per heavy atom. The maximum atomic E-state index is 5.68. The number of para-hydroxylation sites is 1. The molecule has 0 unspecified atom stereocenters. The number of fused-ring (bicyclic) bond motifs is 1. The van der Waals surface area contributed by atoms with E-state index in [2.05, 4.69) is 47.1 Å². The van der Waals surface area contributed by atoms with E-state index in [1.807, 2.05) is 35.9 Å². The number of rotatable bonds is 6. The molecule has 0 saturated carbocycles. The van der Waals surface area contributed by atoms with Crippen LogP contribution in [0.3, 0.4) is 0 Å². The third-order valence-corrected chi connectivity index (χ3v) is 5.19. The lowest BCUT2D eigenvalue weighted by Crippen LogP contribution is -2.22. The minimum absolute atomic E-state index is 0.306. The number of aromatic nitrogens is 1. The van der Waals surface area contributed by atoms with Crippen molar-refractivity contribution in [3.8, 4) is 11.5 Å². The van der Waals surface area contributed by atoms with Gasteiger partial charge in [-0.1, -0.05) is 12.1 Å². The molecule has 0 atom stereocenters. The van der Waals surface area contributed by atoms with Crippen LogP contribution in [-0.2, 0) is 19.6 Å². The molecule has 1 aromatic carbocycles. The van der Waals surface area contributed by atoms with E-state index in [-0.39, 0.29) is 0 Å². The van der Waals surface area contributed by atoms with Crippen LogP contribution in [0.4, 0.5) is 0 Å². The molecule has 1 aliphatic rings. The zero-order chi connectivity index (χ0) is 17.1. The number of ether oxygens (including phenoxy) is 2. The Bertz CT molecular complexity index is 848. The number of nitrogens with zero attached hydrogens (tertiary/aromatic N) is 2. The summed E-state index contributed by atoms with van der Waals surface area (Å²) in [5.41, 5.74) is 2.42. The molecule has 0 fully saturated rings. The summed E-state index contributed by atoms with van der Waals surface area (Å²) in [5.74, 6) is 1.72. The van der Waals surface area contributed by atoms with Crippen LogP contribution in [0.5, 0.6) is 11.5 Å². The van der Waals surface area contributed by atoms with Crippen molar-refractivity contribution in [2.45, 2.75) is 26.6 Å². The third-order valence-electron chi connectivity index (χ3n) is 4.20. The lowest BCUT2D eigenvalue weighted by molar-refractivity contribution is 0.171. The van der Waals surface area contributed by atoms with Crippen molar-refractivity contribution in [2.75, 3.05) is 6.79 Å². The maximum Gasteiger partial charge on any atom is 0.231 e. The second kappa shape index (κ2) is 7.25. The van der Waals surface area contributed by atoms with Gasteiger partial charge in [0, 0.05) is 47.3 Å². The Kier molecular flexibility index (Phi) is 4.68. The Morgan fingerprint density at radius 3 is 2.68 bits per heavy atom. The normalized spacial score (nSPS) is 12.7. The minimum Gasteiger partial charge on any atom is -0.454 e. The fourth-order valence-corrected chi connectivity index (χ4v) is 3.99. The van der Waals surface area contributed by atoms with Gasteiger partial charge in [0.1, 0.15) is 0 Å². The molecule has 128 valence electrons. The smallest absolute Gasteiger partial charge is 0.231 e. The van der Waals surface area contributed by atoms with E-state index < -0.39 is 0 Å². The second-order valence-electron chi connectivity index (χ2n) is 6.16. The fourth-order valence-electron chi connectivity index (χ4n) is 3.06. The molecule has 3 aromatic rings. The quantitative estimate of drug-likeness (QED) is 0.659. The van der Waals surface area contributed by atoms with Gasteiger partial charge in [0.2, 0.25) is 6.79 Å². The van der Waals surface area contributed by atoms with Crippen LogP contribution in [0.25, 0.3) is 0 Å². The number of aryl methyl sites for hydroxylation is 1. The van der Waals surface area contributed by atoms with Crippen LogP contribution in [0, 0.1) is 6.92 Å². The van der Waals surface area contributed by atoms with E-state index in [0.717, 1.165) is 36.7 Å². The summed E-state index contributed by atoms with van der Waals surface area (Å²) >= 11 is 1.85. The van der Waals surface area contributed by atoms with Gasteiger partial charge < -0.3 is 9.47 Å². The lowest BCUT2D eigenvalue weighted by Gasteiger charge is -2.22. The van der Waals surface area contributed by atoms with Gasteiger partial charge in [0.05, 0.1) is 0 Å². The van der Waals surface area contributed by atoms with E-state index in [0.29, 0.717) is 6.79 Å². The average molecular weight is 352 g/mol. The molecule has 0 bridgehead atoms. The maximum absolute atomic E-state index is 5.68. The number of pyridine rings is 1. The molecule has 5 heteroatoms. The van der Waals surface area contributed by atoms with Crippen molar-refractivity contribution in [3.63, 3.8) is 0 Å². The van der Waals surface area contributed by atoms with E-state index in [9.17, 15) is 0 Å². The van der Waals surface area contributed by atoms with E-state index in [1.54, 1.807) is 0 Å². The predicted octanol–water partition coefficient (Wildman–Crippen LogP) is 4.38. The first-order valence-electron chi connectivity index (χ1n) is 8.32. The van der Waals surface area contributed by atoms with Crippen LogP contribution in [0.1, 0.15) is 20.9 Å². The molecule has 0 spiro atoms. The van der Waals surface area contributed by atoms with Crippen molar-refractivity contribution in [1.82, 2.24) is 9.88 Å². The first kappa shape index (κ1) is 16.1. The highest BCUT2D eigenvalue weighted by Gasteiger charge is 2.19. The molecule has 0 aliphatic carbocycles. The number of hydrogen-bond acceptors (Lipinski definition) is 5. The molecule has 3 heterocycles. The highest BCUT2D eigenvalue weighted by Crippen LogP contribution is 2.36. The summed E-state index contributed by atoms with van der Waals surface area (Å²) in [6.45, 7) is 5.04. The zero-order valence-corrected chi connectivity index (χ0v) is 15.0. The first-order valence-corrected chi connectivity index (χ1v) is 9.13. The zero-order valence-electron chi connectivity index (χ0n) is 14.1. The van der Waals surface area contributed by atoms with Crippen LogP contribution in [-0.4, -0.2) is 16.7 Å². The monoisotopic (exact) mass is 352 g/mol. The molecule has 25 heavy (non-hydrogen) atoms. The summed E-state index contributed by atoms with van der Waals surface area (Å²) in [6.07, 6.45) is 3.69. The van der Waals surface area contributed by atoms with E-state index >= 15 is 0 Å². The number of thiophene rings is 1. The molecule has 4 rings (SSSR count).